The van der Waals surface area contributed by atoms with E-state index in [4.69, 9.17) is 11.5 Å². The van der Waals surface area contributed by atoms with Crippen molar-refractivity contribution in [1.82, 2.24) is 4.31 Å². The molecule has 1 saturated heterocycles. The molecule has 4 N–H and O–H groups in total. The van der Waals surface area contributed by atoms with E-state index in [2.05, 4.69) is 4.99 Å². The molecule has 0 saturated carbocycles. The van der Waals surface area contributed by atoms with E-state index in [1.165, 1.54) is 12.1 Å². The van der Waals surface area contributed by atoms with Crippen LogP contribution in [0, 0.1) is 5.92 Å². The summed E-state index contributed by atoms with van der Waals surface area (Å²) in [6.07, 6.45) is 1.17. The summed E-state index contributed by atoms with van der Waals surface area (Å²) in [5.41, 5.74) is 9.75. The number of nitrogens with zero attached hydrogens (tertiary/aromatic N) is 2. The fourth-order valence-electron chi connectivity index (χ4n) is 2.91. The Morgan fingerprint density at radius 3 is 2.39 bits per heavy atom. The van der Waals surface area contributed by atoms with Crippen molar-refractivity contribution in [3.63, 3.8) is 0 Å². The summed E-state index contributed by atoms with van der Waals surface area (Å²) in [5.74, 6) is -0.712. The highest BCUT2D eigenvalue weighted by molar-refractivity contribution is 7.89. The number of guanidine groups is 1. The molecule has 1 aliphatic rings. The van der Waals surface area contributed by atoms with Gasteiger partial charge < -0.3 is 11.5 Å². The smallest absolute Gasteiger partial charge is 0.267 e. The molecule has 1 fully saturated rings. The normalized spacial score (nSPS) is 20.0. The van der Waals surface area contributed by atoms with Gasteiger partial charge in [0.15, 0.2) is 5.96 Å². The Labute approximate surface area is 136 Å². The molecule has 1 amide bonds. The maximum Gasteiger partial charge on any atom is 0.267 e. The molecule has 0 aromatic heterocycles. The average Bonchev–Trinajstić information content (AvgIpc) is 2.46. The number of hydrogen-bond donors (Lipinski definition) is 2. The lowest BCUT2D eigenvalue weighted by atomic mass is 9.76. The third kappa shape index (κ3) is 3.17. The molecule has 0 spiro atoms. The Morgan fingerprint density at radius 2 is 1.87 bits per heavy atom. The van der Waals surface area contributed by atoms with Crippen LogP contribution in [0.3, 0.4) is 0 Å². The van der Waals surface area contributed by atoms with Crippen LogP contribution in [0.2, 0.25) is 0 Å². The third-order valence-corrected chi connectivity index (χ3v) is 6.10. The SMILES string of the molecule is CC1(C)[C@H](CCCN=C(N)N)C(=O)N1S(=O)(=O)c1ccccc1. The van der Waals surface area contributed by atoms with Crippen molar-refractivity contribution in [1.29, 1.82) is 0 Å². The monoisotopic (exact) mass is 338 g/mol. The van der Waals surface area contributed by atoms with Crippen LogP contribution in [-0.2, 0) is 14.8 Å². The summed E-state index contributed by atoms with van der Waals surface area (Å²) in [7, 11) is -3.82. The number of benzene rings is 1. The van der Waals surface area contributed by atoms with Crippen molar-refractivity contribution in [2.24, 2.45) is 22.4 Å². The molecule has 1 heterocycles. The van der Waals surface area contributed by atoms with Crippen LogP contribution >= 0.6 is 0 Å². The van der Waals surface area contributed by atoms with Crippen LogP contribution in [-0.4, -0.2) is 36.7 Å². The summed E-state index contributed by atoms with van der Waals surface area (Å²) in [5, 5.41) is 0. The van der Waals surface area contributed by atoms with E-state index >= 15 is 0 Å². The predicted octanol–water partition coefficient (Wildman–Crippen LogP) is 0.666. The molecular formula is C15H22N4O3S. The summed E-state index contributed by atoms with van der Waals surface area (Å²) >= 11 is 0. The third-order valence-electron chi connectivity index (χ3n) is 4.10. The van der Waals surface area contributed by atoms with Gasteiger partial charge in [-0.2, -0.15) is 0 Å². The number of aliphatic imine (C=N–C) groups is 1. The first-order valence-electron chi connectivity index (χ1n) is 7.38. The number of β-lactam (4-membered cyclic amide) rings is 1. The van der Waals surface area contributed by atoms with E-state index in [1.807, 2.05) is 0 Å². The highest BCUT2D eigenvalue weighted by Gasteiger charge is 2.58. The molecule has 7 nitrogen and oxygen atoms in total. The molecule has 23 heavy (non-hydrogen) atoms. The van der Waals surface area contributed by atoms with Gasteiger partial charge in [-0.15, -0.1) is 0 Å². The maximum atomic E-state index is 12.7. The Balaban J connectivity index is 2.12. The molecule has 2 rings (SSSR count). The molecular weight excluding hydrogens is 316 g/mol. The molecule has 0 radical (unpaired) electrons. The molecule has 0 aliphatic carbocycles. The zero-order valence-electron chi connectivity index (χ0n) is 13.3. The molecule has 1 aromatic rings. The number of rotatable bonds is 6. The first-order chi connectivity index (χ1) is 10.7. The second kappa shape index (κ2) is 6.19. The van der Waals surface area contributed by atoms with Gasteiger partial charge >= 0.3 is 0 Å². The first-order valence-corrected chi connectivity index (χ1v) is 8.82. The molecule has 8 heteroatoms. The number of sulfonamides is 1. The topological polar surface area (TPSA) is 119 Å². The fraction of sp³-hybridized carbons (Fsp3) is 0.467. The van der Waals surface area contributed by atoms with Crippen LogP contribution in [0.1, 0.15) is 26.7 Å². The highest BCUT2D eigenvalue weighted by atomic mass is 32.2. The number of amides is 1. The van der Waals surface area contributed by atoms with E-state index in [-0.39, 0.29) is 22.7 Å². The molecule has 1 aliphatic heterocycles. The van der Waals surface area contributed by atoms with E-state index in [1.54, 1.807) is 32.0 Å². The van der Waals surface area contributed by atoms with Crippen LogP contribution in [0.15, 0.2) is 40.2 Å². The lowest BCUT2D eigenvalue weighted by Gasteiger charge is -2.52. The molecule has 1 atom stereocenters. The van der Waals surface area contributed by atoms with Gasteiger partial charge in [-0.25, -0.2) is 12.7 Å². The highest BCUT2D eigenvalue weighted by Crippen LogP contribution is 2.43. The number of carbonyl (C=O) groups excluding carboxylic acids is 1. The predicted molar refractivity (Wildman–Crippen MR) is 88.0 cm³/mol. The molecule has 0 bridgehead atoms. The molecule has 126 valence electrons. The second-order valence-electron chi connectivity index (χ2n) is 6.08. The summed E-state index contributed by atoms with van der Waals surface area (Å²) in [6, 6.07) is 7.98. The van der Waals surface area contributed by atoms with Crippen molar-refractivity contribution >= 4 is 21.9 Å². The molecule has 1 aromatic carbocycles. The Kier molecular flexibility index (Phi) is 4.65. The van der Waals surface area contributed by atoms with E-state index < -0.39 is 15.6 Å². The van der Waals surface area contributed by atoms with E-state index in [9.17, 15) is 13.2 Å². The zero-order chi connectivity index (χ0) is 17.3. The van der Waals surface area contributed by atoms with Crippen molar-refractivity contribution in [3.05, 3.63) is 30.3 Å². The van der Waals surface area contributed by atoms with Crippen LogP contribution < -0.4 is 11.5 Å². The van der Waals surface area contributed by atoms with Gasteiger partial charge in [0.25, 0.3) is 10.0 Å². The van der Waals surface area contributed by atoms with Gasteiger partial charge in [-0.05, 0) is 38.8 Å². The van der Waals surface area contributed by atoms with Crippen molar-refractivity contribution in [2.45, 2.75) is 37.1 Å². The van der Waals surface area contributed by atoms with E-state index in [0.717, 1.165) is 4.31 Å². The lowest BCUT2D eigenvalue weighted by molar-refractivity contribution is -0.154. The van der Waals surface area contributed by atoms with Gasteiger partial charge in [-0.1, -0.05) is 18.2 Å². The summed E-state index contributed by atoms with van der Waals surface area (Å²) < 4.78 is 26.3. The van der Waals surface area contributed by atoms with Gasteiger partial charge in [0.05, 0.1) is 16.4 Å². The van der Waals surface area contributed by atoms with E-state index in [0.29, 0.717) is 19.4 Å². The fourth-order valence-corrected chi connectivity index (χ4v) is 4.73. The van der Waals surface area contributed by atoms with Gasteiger partial charge in [0.2, 0.25) is 5.91 Å². The Morgan fingerprint density at radius 1 is 1.26 bits per heavy atom. The maximum absolute atomic E-state index is 12.7. The summed E-state index contributed by atoms with van der Waals surface area (Å²) in [4.78, 5) is 16.4. The average molecular weight is 338 g/mol. The summed E-state index contributed by atoms with van der Waals surface area (Å²) in [6.45, 7) is 3.95. The first kappa shape index (κ1) is 17.3. The zero-order valence-corrected chi connectivity index (χ0v) is 14.1. The van der Waals surface area contributed by atoms with Gasteiger partial charge in [0.1, 0.15) is 0 Å². The largest absolute Gasteiger partial charge is 0.370 e. The van der Waals surface area contributed by atoms with Crippen LogP contribution in [0.25, 0.3) is 0 Å². The van der Waals surface area contributed by atoms with Crippen LogP contribution in [0.5, 0.6) is 0 Å². The minimum Gasteiger partial charge on any atom is -0.370 e. The molecule has 0 unspecified atom stereocenters. The lowest BCUT2D eigenvalue weighted by Crippen LogP contribution is -2.69. The standard InChI is InChI=1S/C15H22N4O3S/c1-15(2)12(9-6-10-18-14(16)17)13(20)19(15)23(21,22)11-7-4-3-5-8-11/h3-5,7-8,12H,6,9-10H2,1-2H3,(H4,16,17,18)/t12-/m1/s1. The Bertz CT molecular complexity index is 709. The number of carbonyl (C=O) groups is 1. The van der Waals surface area contributed by atoms with Crippen molar-refractivity contribution in [2.75, 3.05) is 6.54 Å². The quantitative estimate of drug-likeness (QED) is 0.342. The van der Waals surface area contributed by atoms with Crippen molar-refractivity contribution < 1.29 is 13.2 Å². The minimum atomic E-state index is -3.82. The number of hydrogen-bond acceptors (Lipinski definition) is 4. The Hall–Kier alpha value is -2.09. The van der Waals surface area contributed by atoms with Crippen molar-refractivity contribution in [3.8, 4) is 0 Å². The minimum absolute atomic E-state index is 0.0116. The van der Waals surface area contributed by atoms with Gasteiger partial charge in [-0.3, -0.25) is 9.79 Å². The second-order valence-corrected chi connectivity index (χ2v) is 7.86. The number of nitrogens with two attached hydrogens (primary N) is 2. The van der Waals surface area contributed by atoms with Gasteiger partial charge in [0, 0.05) is 6.54 Å². The van der Waals surface area contributed by atoms with Crippen LogP contribution in [0.4, 0.5) is 0 Å².